The first kappa shape index (κ1) is 18.3. The number of thiophene rings is 1. The highest BCUT2D eigenvalue weighted by molar-refractivity contribution is 7.21. The van der Waals surface area contributed by atoms with Gasteiger partial charge < -0.3 is 9.15 Å². The maximum atomic E-state index is 14.1. The zero-order valence-corrected chi connectivity index (χ0v) is 16.3. The predicted octanol–water partition coefficient (Wildman–Crippen LogP) is 5.63. The van der Waals surface area contributed by atoms with Crippen LogP contribution in [-0.2, 0) is 4.74 Å². The maximum Gasteiger partial charge on any atom is 0.349 e. The lowest BCUT2D eigenvalue weighted by atomic mass is 10.1. The summed E-state index contributed by atoms with van der Waals surface area (Å²) in [6, 6.07) is 12.5. The van der Waals surface area contributed by atoms with Gasteiger partial charge in [0.15, 0.2) is 6.10 Å². The molecule has 0 aliphatic rings. The lowest BCUT2D eigenvalue weighted by Gasteiger charge is -2.08. The molecule has 0 radical (unpaired) electrons. The van der Waals surface area contributed by atoms with Crippen molar-refractivity contribution in [3.05, 3.63) is 70.2 Å². The standard InChI is InChI=1S/C21H17FN2O3S/c1-11-7-9-14(10-8-11)20-24-23-19(27-20)13(3)26-21(25)18-12(2)17-15(22)5-4-6-16(17)28-18/h4-10,13H,1-3H3/t13-/m0/s1. The first-order valence-corrected chi connectivity index (χ1v) is 9.54. The Hall–Kier alpha value is -3.06. The molecular weight excluding hydrogens is 379 g/mol. The molecule has 7 heteroatoms. The second-order valence-electron chi connectivity index (χ2n) is 6.53. The van der Waals surface area contributed by atoms with Crippen LogP contribution in [0.25, 0.3) is 21.5 Å². The van der Waals surface area contributed by atoms with Crippen molar-refractivity contribution in [3.63, 3.8) is 0 Å². The molecule has 0 spiro atoms. The molecule has 0 amide bonds. The van der Waals surface area contributed by atoms with E-state index in [1.807, 2.05) is 31.2 Å². The number of aryl methyl sites for hydroxylation is 2. The predicted molar refractivity (Wildman–Crippen MR) is 105 cm³/mol. The van der Waals surface area contributed by atoms with Crippen molar-refractivity contribution in [1.29, 1.82) is 0 Å². The van der Waals surface area contributed by atoms with Gasteiger partial charge in [0.05, 0.1) is 0 Å². The van der Waals surface area contributed by atoms with E-state index in [9.17, 15) is 9.18 Å². The summed E-state index contributed by atoms with van der Waals surface area (Å²) in [5.41, 5.74) is 2.49. The zero-order chi connectivity index (χ0) is 19.8. The number of ether oxygens (including phenoxy) is 1. The van der Waals surface area contributed by atoms with E-state index in [-0.39, 0.29) is 11.7 Å². The third-order valence-electron chi connectivity index (χ3n) is 4.46. The fourth-order valence-corrected chi connectivity index (χ4v) is 4.03. The van der Waals surface area contributed by atoms with E-state index in [4.69, 9.17) is 9.15 Å². The summed E-state index contributed by atoms with van der Waals surface area (Å²) in [5.74, 6) is -0.328. The number of hydrogen-bond donors (Lipinski definition) is 0. The van der Waals surface area contributed by atoms with E-state index in [1.54, 1.807) is 26.0 Å². The van der Waals surface area contributed by atoms with Gasteiger partial charge in [-0.25, -0.2) is 9.18 Å². The number of rotatable bonds is 4. The van der Waals surface area contributed by atoms with Crippen LogP contribution in [0.1, 0.15) is 39.7 Å². The highest BCUT2D eigenvalue weighted by atomic mass is 32.1. The fraction of sp³-hybridized carbons (Fsp3) is 0.190. The smallest absolute Gasteiger partial charge is 0.349 e. The van der Waals surface area contributed by atoms with E-state index >= 15 is 0 Å². The Balaban J connectivity index is 1.55. The van der Waals surface area contributed by atoms with Crippen LogP contribution in [0.15, 0.2) is 46.9 Å². The molecule has 2 aromatic carbocycles. The second-order valence-corrected chi connectivity index (χ2v) is 7.58. The molecule has 0 fully saturated rings. The molecule has 4 aromatic rings. The third-order valence-corrected chi connectivity index (χ3v) is 5.70. The lowest BCUT2D eigenvalue weighted by Crippen LogP contribution is -2.09. The number of carbonyl (C=O) groups excluding carboxylic acids is 1. The number of halogens is 1. The van der Waals surface area contributed by atoms with E-state index < -0.39 is 12.1 Å². The highest BCUT2D eigenvalue weighted by Gasteiger charge is 2.24. The van der Waals surface area contributed by atoms with Gasteiger partial charge in [-0.05, 0) is 50.6 Å². The normalized spacial score (nSPS) is 12.3. The number of nitrogens with zero attached hydrogens (tertiary/aromatic N) is 2. The molecule has 0 bridgehead atoms. The largest absolute Gasteiger partial charge is 0.448 e. The monoisotopic (exact) mass is 396 g/mol. The average molecular weight is 396 g/mol. The molecule has 28 heavy (non-hydrogen) atoms. The van der Waals surface area contributed by atoms with Crippen molar-refractivity contribution in [2.75, 3.05) is 0 Å². The molecule has 0 unspecified atom stereocenters. The van der Waals surface area contributed by atoms with Crippen LogP contribution < -0.4 is 0 Å². The van der Waals surface area contributed by atoms with Crippen LogP contribution in [-0.4, -0.2) is 16.2 Å². The van der Waals surface area contributed by atoms with Gasteiger partial charge >= 0.3 is 5.97 Å². The van der Waals surface area contributed by atoms with Crippen molar-refractivity contribution in [3.8, 4) is 11.5 Å². The van der Waals surface area contributed by atoms with Crippen LogP contribution in [0.5, 0.6) is 0 Å². The van der Waals surface area contributed by atoms with Crippen molar-refractivity contribution < 1.29 is 18.3 Å². The van der Waals surface area contributed by atoms with Gasteiger partial charge in [0.25, 0.3) is 5.89 Å². The Morgan fingerprint density at radius 3 is 2.61 bits per heavy atom. The number of benzene rings is 2. The van der Waals surface area contributed by atoms with Crippen LogP contribution in [0, 0.1) is 19.7 Å². The summed E-state index contributed by atoms with van der Waals surface area (Å²) in [4.78, 5) is 13.0. The molecule has 0 saturated heterocycles. The first-order valence-electron chi connectivity index (χ1n) is 8.73. The Kier molecular flexibility index (Phi) is 4.68. The Labute approximate surface area is 164 Å². The van der Waals surface area contributed by atoms with Gasteiger partial charge in [-0.3, -0.25) is 0 Å². The molecule has 0 aliphatic heterocycles. The highest BCUT2D eigenvalue weighted by Crippen LogP contribution is 2.34. The Morgan fingerprint density at radius 2 is 1.89 bits per heavy atom. The van der Waals surface area contributed by atoms with Gasteiger partial charge in [0.1, 0.15) is 10.7 Å². The second kappa shape index (κ2) is 7.16. The third kappa shape index (κ3) is 3.29. The Bertz CT molecular complexity index is 1160. The van der Waals surface area contributed by atoms with Crippen LogP contribution >= 0.6 is 11.3 Å². The topological polar surface area (TPSA) is 65.2 Å². The van der Waals surface area contributed by atoms with Crippen molar-refractivity contribution in [2.24, 2.45) is 0 Å². The van der Waals surface area contributed by atoms with E-state index in [0.29, 0.717) is 26.4 Å². The molecular formula is C21H17FN2O3S. The average Bonchev–Trinajstić information content (AvgIpc) is 3.28. The first-order chi connectivity index (χ1) is 13.4. The van der Waals surface area contributed by atoms with Gasteiger partial charge in [0, 0.05) is 15.6 Å². The molecule has 0 saturated carbocycles. The van der Waals surface area contributed by atoms with Crippen molar-refractivity contribution in [1.82, 2.24) is 10.2 Å². The number of hydrogen-bond acceptors (Lipinski definition) is 6. The number of fused-ring (bicyclic) bond motifs is 1. The molecule has 0 aliphatic carbocycles. The van der Waals surface area contributed by atoms with Crippen LogP contribution in [0.4, 0.5) is 4.39 Å². The van der Waals surface area contributed by atoms with Crippen molar-refractivity contribution >= 4 is 27.4 Å². The van der Waals surface area contributed by atoms with Gasteiger partial charge in [-0.1, -0.05) is 23.8 Å². The Morgan fingerprint density at radius 1 is 1.14 bits per heavy atom. The molecule has 2 heterocycles. The van der Waals surface area contributed by atoms with Gasteiger partial charge in [0.2, 0.25) is 5.89 Å². The summed E-state index contributed by atoms with van der Waals surface area (Å²) in [5, 5.41) is 8.47. The molecule has 0 N–H and O–H groups in total. The molecule has 4 rings (SSSR count). The molecule has 2 aromatic heterocycles. The fourth-order valence-electron chi connectivity index (χ4n) is 2.92. The quantitative estimate of drug-likeness (QED) is 0.419. The number of esters is 1. The zero-order valence-electron chi connectivity index (χ0n) is 15.5. The van der Waals surface area contributed by atoms with Gasteiger partial charge in [-0.15, -0.1) is 21.5 Å². The van der Waals surface area contributed by atoms with Crippen molar-refractivity contribution in [2.45, 2.75) is 26.9 Å². The van der Waals surface area contributed by atoms with E-state index in [0.717, 1.165) is 11.1 Å². The lowest BCUT2D eigenvalue weighted by molar-refractivity contribution is 0.0285. The minimum absolute atomic E-state index is 0.203. The summed E-state index contributed by atoms with van der Waals surface area (Å²) in [6.45, 7) is 5.37. The maximum absolute atomic E-state index is 14.1. The van der Waals surface area contributed by atoms with Crippen LogP contribution in [0.2, 0.25) is 0 Å². The molecule has 5 nitrogen and oxygen atoms in total. The van der Waals surface area contributed by atoms with Gasteiger partial charge in [-0.2, -0.15) is 0 Å². The minimum atomic E-state index is -0.728. The number of aromatic nitrogens is 2. The van der Waals surface area contributed by atoms with E-state index in [1.165, 1.54) is 17.4 Å². The van der Waals surface area contributed by atoms with E-state index in [2.05, 4.69) is 10.2 Å². The molecule has 1 atom stereocenters. The van der Waals surface area contributed by atoms with Crippen LogP contribution in [0.3, 0.4) is 0 Å². The minimum Gasteiger partial charge on any atom is -0.448 e. The SMILES string of the molecule is Cc1ccc(-c2nnc([C@H](C)OC(=O)c3sc4cccc(F)c4c3C)o2)cc1. The molecule has 142 valence electrons. The summed E-state index contributed by atoms with van der Waals surface area (Å²) in [6.07, 6.45) is -0.728. The summed E-state index contributed by atoms with van der Waals surface area (Å²) >= 11 is 1.21. The number of carbonyl (C=O) groups is 1. The summed E-state index contributed by atoms with van der Waals surface area (Å²) < 4.78 is 25.9. The summed E-state index contributed by atoms with van der Waals surface area (Å²) in [7, 11) is 0.